The van der Waals surface area contributed by atoms with Crippen molar-refractivity contribution in [3.05, 3.63) is 142 Å². The lowest BCUT2D eigenvalue weighted by Crippen LogP contribution is -2.45. The van der Waals surface area contributed by atoms with Crippen LogP contribution in [0.2, 0.25) is 0 Å². The van der Waals surface area contributed by atoms with E-state index < -0.39 is 55.4 Å². The summed E-state index contributed by atoms with van der Waals surface area (Å²) in [6.45, 7) is 11.3. The van der Waals surface area contributed by atoms with Gasteiger partial charge in [-0.15, -0.1) is 0 Å². The molecular weight excluding hydrogens is 1020 g/mol. The third kappa shape index (κ3) is 12.4. The molecule has 0 radical (unpaired) electrons. The number of nitrogens with zero attached hydrogens (tertiary/aromatic N) is 5. The molecule has 1 unspecified atom stereocenters. The van der Waals surface area contributed by atoms with E-state index in [4.69, 9.17) is 42.2 Å². The Kier molecular flexibility index (Phi) is 18.9. The van der Waals surface area contributed by atoms with Crippen LogP contribution in [0.5, 0.6) is 17.2 Å². The number of amides is 2. The molecule has 418 valence electrons. The fraction of sp³-hybridized carbons (Fsp3) is 0.456. The minimum Gasteiger partial charge on any atom is -0.497 e. The number of anilines is 1. The molecule has 2 amide bonds. The standard InChI is InChI=1S/C57H72N7O13P/c1-36(2)52(65)60-56-59-51-48(53(66)61-56)58-35-63(51)55-50(73-32-31-69-7)49(77-78(68,64(37(3)4)38(5)6)75-33-43-17-14-30-62(43)54(67)39-18-24-44(70-8)25-19-39)47(76-55)34-74-57(40-15-12-11-13-16-40,41-20-26-45(71-9)27-21-41)42-22-28-46(72-10)29-23-42/h11-13,15-16,18-29,35-38,43,47,49-50,55H,14,17,30-34H2,1-10H3,(H2,59,60,61,65,66)/t43-,47+,49+,50+,55+,78?/m0/s1. The highest BCUT2D eigenvalue weighted by Gasteiger charge is 2.54. The minimum atomic E-state index is -4.48. The fourth-order valence-electron chi connectivity index (χ4n) is 10.2. The molecule has 0 saturated carbocycles. The molecule has 2 saturated heterocycles. The molecule has 20 nitrogen and oxygen atoms in total. The van der Waals surface area contributed by atoms with E-state index in [1.165, 1.54) is 10.9 Å². The molecule has 2 N–H and O–H groups in total. The second kappa shape index (κ2) is 25.5. The summed E-state index contributed by atoms with van der Waals surface area (Å²) >= 11 is 0. The van der Waals surface area contributed by atoms with Gasteiger partial charge in [0.25, 0.3) is 11.5 Å². The van der Waals surface area contributed by atoms with Gasteiger partial charge in [0.1, 0.15) is 41.2 Å². The smallest absolute Gasteiger partial charge is 0.409 e. The van der Waals surface area contributed by atoms with Gasteiger partial charge in [0.05, 0.1) is 60.1 Å². The van der Waals surface area contributed by atoms with Gasteiger partial charge in [-0.05, 0) is 106 Å². The number of H-pyrrole nitrogens is 1. The predicted molar refractivity (Wildman–Crippen MR) is 293 cm³/mol. The molecular formula is C57H72N7O13P. The van der Waals surface area contributed by atoms with Crippen molar-refractivity contribution in [1.82, 2.24) is 29.1 Å². The topological polar surface area (TPSA) is 216 Å². The van der Waals surface area contributed by atoms with Crippen molar-refractivity contribution in [3.63, 3.8) is 0 Å². The van der Waals surface area contributed by atoms with E-state index in [-0.39, 0.29) is 67.4 Å². The van der Waals surface area contributed by atoms with Crippen LogP contribution in [0.3, 0.4) is 0 Å². The van der Waals surface area contributed by atoms with Crippen molar-refractivity contribution in [3.8, 4) is 17.2 Å². The summed E-state index contributed by atoms with van der Waals surface area (Å²) in [6.07, 6.45) is -2.02. The van der Waals surface area contributed by atoms with Gasteiger partial charge >= 0.3 is 7.75 Å². The lowest BCUT2D eigenvalue weighted by molar-refractivity contribution is -0.118. The minimum absolute atomic E-state index is 0.0180. The Labute approximate surface area is 455 Å². The van der Waals surface area contributed by atoms with E-state index in [0.29, 0.717) is 42.2 Å². The lowest BCUT2D eigenvalue weighted by Gasteiger charge is -2.40. The highest BCUT2D eigenvalue weighted by molar-refractivity contribution is 7.51. The summed E-state index contributed by atoms with van der Waals surface area (Å²) < 4.78 is 77.1. The highest BCUT2D eigenvalue weighted by Crippen LogP contribution is 2.58. The van der Waals surface area contributed by atoms with Crippen LogP contribution in [0.25, 0.3) is 11.2 Å². The molecule has 2 aliphatic heterocycles. The summed E-state index contributed by atoms with van der Waals surface area (Å²) in [4.78, 5) is 54.3. The number of fused-ring (bicyclic) bond motifs is 1. The maximum Gasteiger partial charge on any atom is 0.409 e. The molecule has 4 heterocycles. The van der Waals surface area contributed by atoms with Gasteiger partial charge in [-0.3, -0.25) is 38.3 Å². The van der Waals surface area contributed by atoms with Crippen LogP contribution >= 0.6 is 7.75 Å². The maximum absolute atomic E-state index is 16.4. The molecule has 21 heteroatoms. The number of hydrogen-bond acceptors (Lipinski definition) is 15. The molecule has 0 spiro atoms. The third-order valence-electron chi connectivity index (χ3n) is 14.0. The van der Waals surface area contributed by atoms with Gasteiger partial charge in [-0.25, -0.2) is 14.2 Å². The van der Waals surface area contributed by atoms with Crippen LogP contribution < -0.4 is 25.1 Å². The van der Waals surface area contributed by atoms with Crippen molar-refractivity contribution < 1.29 is 56.4 Å². The Morgan fingerprint density at radius 3 is 1.95 bits per heavy atom. The first-order chi connectivity index (χ1) is 37.5. The van der Waals surface area contributed by atoms with Gasteiger partial charge in [0, 0.05) is 37.2 Å². The monoisotopic (exact) mass is 1090 g/mol. The molecule has 2 fully saturated rings. The zero-order valence-corrected chi connectivity index (χ0v) is 46.8. The number of methoxy groups -OCH3 is 4. The first-order valence-electron chi connectivity index (χ1n) is 26.2. The lowest BCUT2D eigenvalue weighted by atomic mass is 9.80. The number of aromatic amines is 1. The van der Waals surface area contributed by atoms with E-state index in [9.17, 15) is 14.4 Å². The van der Waals surface area contributed by atoms with Crippen molar-refractivity contribution in [2.45, 2.75) is 103 Å². The number of carbonyl (C=O) groups is 2. The number of nitrogens with one attached hydrogen (secondary N) is 2. The number of hydrogen-bond donors (Lipinski definition) is 2. The van der Waals surface area contributed by atoms with Gasteiger partial charge in [-0.2, -0.15) is 4.98 Å². The number of carbonyl (C=O) groups excluding carboxylic acids is 2. The largest absolute Gasteiger partial charge is 0.497 e. The Morgan fingerprint density at radius 1 is 0.795 bits per heavy atom. The summed E-state index contributed by atoms with van der Waals surface area (Å²) in [7, 11) is 1.83. The highest BCUT2D eigenvalue weighted by atomic mass is 31.2. The van der Waals surface area contributed by atoms with Crippen molar-refractivity contribution >= 4 is 36.7 Å². The van der Waals surface area contributed by atoms with Crippen LogP contribution in [-0.4, -0.2) is 139 Å². The Bertz CT molecular complexity index is 2990. The first kappa shape index (κ1) is 57.7. The number of aromatic nitrogens is 4. The third-order valence-corrected chi connectivity index (χ3v) is 16.5. The second-order valence-corrected chi connectivity index (χ2v) is 21.9. The SMILES string of the molecule is COCCO[C@@H]1[C@H](OP(=O)(OC[C@@H]2CCCN2C(=O)c2ccc(OC)cc2)N(C(C)C)C(C)C)[C@@H](COC(c2ccccc2)(c2ccc(OC)cc2)c2ccc(OC)cc2)O[C@H]1n1cnc2c(=O)[nH]c(NC(=O)C(C)C)nc21. The second-order valence-electron chi connectivity index (χ2n) is 20.0. The van der Waals surface area contributed by atoms with Gasteiger partial charge in [-0.1, -0.05) is 68.4 Å². The first-order valence-corrected chi connectivity index (χ1v) is 27.7. The maximum atomic E-state index is 16.4. The zero-order valence-electron chi connectivity index (χ0n) is 46.0. The quantitative estimate of drug-likeness (QED) is 0.0312. The van der Waals surface area contributed by atoms with Crippen molar-refractivity contribution in [1.29, 1.82) is 0 Å². The molecule has 6 atom stereocenters. The zero-order chi connectivity index (χ0) is 55.7. The normalized spacial score (nSPS) is 19.5. The summed E-state index contributed by atoms with van der Waals surface area (Å²) in [6, 6.07) is 30.6. The average Bonchev–Trinajstić information content (AvgIpc) is 4.25. The molecule has 2 aliphatic rings. The van der Waals surface area contributed by atoms with E-state index >= 15 is 4.57 Å². The molecule has 6 aromatic rings. The average molecular weight is 1090 g/mol. The molecule has 2 aromatic heterocycles. The fourth-order valence-corrected chi connectivity index (χ4v) is 12.5. The predicted octanol–water partition coefficient (Wildman–Crippen LogP) is 8.61. The molecule has 8 rings (SSSR count). The van der Waals surface area contributed by atoms with Gasteiger partial charge < -0.3 is 38.1 Å². The van der Waals surface area contributed by atoms with E-state index in [0.717, 1.165) is 16.7 Å². The summed E-state index contributed by atoms with van der Waals surface area (Å²) in [5, 5.41) is 2.69. The van der Waals surface area contributed by atoms with Crippen LogP contribution in [0.4, 0.5) is 5.95 Å². The van der Waals surface area contributed by atoms with Crippen LogP contribution in [0.1, 0.15) is 87.7 Å². The van der Waals surface area contributed by atoms with Gasteiger partial charge in [0.2, 0.25) is 11.9 Å². The van der Waals surface area contributed by atoms with Crippen molar-refractivity contribution in [2.75, 3.05) is 66.7 Å². The Balaban J connectivity index is 1.26. The van der Waals surface area contributed by atoms with Crippen LogP contribution in [0, 0.1) is 5.92 Å². The molecule has 0 bridgehead atoms. The molecule has 78 heavy (non-hydrogen) atoms. The summed E-state index contributed by atoms with van der Waals surface area (Å²) in [5.41, 5.74) is 0.798. The number of ether oxygens (including phenoxy) is 7. The summed E-state index contributed by atoms with van der Waals surface area (Å²) in [5.74, 6) is 0.802. The van der Waals surface area contributed by atoms with Crippen LogP contribution in [0.15, 0.2) is 114 Å². The number of benzene rings is 4. The number of rotatable bonds is 25. The number of imidazole rings is 1. The van der Waals surface area contributed by atoms with Crippen LogP contribution in [-0.2, 0) is 43.0 Å². The van der Waals surface area contributed by atoms with E-state index in [1.54, 1.807) is 76.1 Å². The van der Waals surface area contributed by atoms with E-state index in [2.05, 4.69) is 20.3 Å². The number of likely N-dealkylation sites (tertiary alicyclic amines) is 1. The Hall–Kier alpha value is -6.48. The molecule has 4 aromatic carbocycles. The van der Waals surface area contributed by atoms with Gasteiger partial charge in [0.15, 0.2) is 17.4 Å². The van der Waals surface area contributed by atoms with Crippen molar-refractivity contribution in [2.24, 2.45) is 5.92 Å². The Morgan fingerprint density at radius 2 is 1.38 bits per heavy atom. The molecule has 0 aliphatic carbocycles. The van der Waals surface area contributed by atoms with E-state index in [1.807, 2.05) is 107 Å².